The van der Waals surface area contributed by atoms with E-state index in [2.05, 4.69) is 30.3 Å². The third-order valence-corrected chi connectivity index (χ3v) is 7.33. The van der Waals surface area contributed by atoms with Crippen molar-refractivity contribution in [3.8, 4) is 5.82 Å². The van der Waals surface area contributed by atoms with Gasteiger partial charge in [-0.15, -0.1) is 5.10 Å². The second-order valence-electron chi connectivity index (χ2n) is 9.25. The molecule has 1 aromatic carbocycles. The molecule has 12 heteroatoms. The third-order valence-electron chi connectivity index (χ3n) is 7.33. The van der Waals surface area contributed by atoms with E-state index in [1.165, 1.54) is 17.1 Å². The van der Waals surface area contributed by atoms with Crippen molar-refractivity contribution in [2.45, 2.75) is 30.9 Å². The molecule has 10 nitrogen and oxygen atoms in total. The number of ether oxygens (including phenoxy) is 1. The summed E-state index contributed by atoms with van der Waals surface area (Å²) in [4.78, 5) is 25.0. The van der Waals surface area contributed by atoms with E-state index < -0.39 is 23.4 Å². The molecule has 6 rings (SSSR count). The summed E-state index contributed by atoms with van der Waals surface area (Å²) in [5, 5.41) is 11.1. The van der Waals surface area contributed by atoms with Gasteiger partial charge in [0.05, 0.1) is 31.2 Å². The number of morpholine rings is 1. The zero-order valence-corrected chi connectivity index (χ0v) is 19.2. The van der Waals surface area contributed by atoms with Crippen molar-refractivity contribution in [1.82, 2.24) is 35.0 Å². The zero-order chi connectivity index (χ0) is 24.8. The molecule has 1 aliphatic carbocycles. The fourth-order valence-corrected chi connectivity index (χ4v) is 5.43. The molecule has 3 aliphatic rings. The molecular formula is C24H22F2N8O2. The van der Waals surface area contributed by atoms with E-state index in [0.717, 1.165) is 30.0 Å². The van der Waals surface area contributed by atoms with Crippen LogP contribution in [0.1, 0.15) is 35.1 Å². The van der Waals surface area contributed by atoms with Crippen LogP contribution in [0, 0.1) is 18.2 Å². The zero-order valence-electron chi connectivity index (χ0n) is 19.2. The SMILES string of the molecule is [C-]#[N+]c1c(F)ccc([C@H]2CN3CCN(C(=O)C4CCc5cc(-n6cnnn6)ncc54)C[C@@H]3CO2)c1F. The van der Waals surface area contributed by atoms with Crippen LogP contribution in [-0.2, 0) is 16.0 Å². The Labute approximate surface area is 205 Å². The lowest BCUT2D eigenvalue weighted by molar-refractivity contribution is -0.141. The van der Waals surface area contributed by atoms with Crippen molar-refractivity contribution in [3.63, 3.8) is 0 Å². The fourth-order valence-electron chi connectivity index (χ4n) is 5.43. The number of carbonyl (C=O) groups excluding carboxylic acids is 1. The number of aromatic nitrogens is 5. The van der Waals surface area contributed by atoms with Crippen molar-refractivity contribution in [2.24, 2.45) is 0 Å². The summed E-state index contributed by atoms with van der Waals surface area (Å²) in [5.41, 5.74) is 1.61. The average molecular weight is 492 g/mol. The molecule has 4 heterocycles. The normalized spacial score (nSPS) is 23.7. The van der Waals surface area contributed by atoms with Gasteiger partial charge >= 0.3 is 0 Å². The third kappa shape index (κ3) is 3.81. The Bertz CT molecular complexity index is 1360. The quantitative estimate of drug-likeness (QED) is 0.518. The highest BCUT2D eigenvalue weighted by Crippen LogP contribution is 2.37. The van der Waals surface area contributed by atoms with E-state index in [9.17, 15) is 13.6 Å². The maximum Gasteiger partial charge on any atom is 0.257 e. The number of carbonyl (C=O) groups is 1. The maximum atomic E-state index is 14.7. The van der Waals surface area contributed by atoms with Crippen LogP contribution in [0.3, 0.4) is 0 Å². The second-order valence-corrected chi connectivity index (χ2v) is 9.25. The molecule has 1 unspecified atom stereocenters. The molecule has 2 aliphatic heterocycles. The molecule has 3 atom stereocenters. The number of pyridine rings is 1. The number of piperazine rings is 1. The summed E-state index contributed by atoms with van der Waals surface area (Å²) < 4.78 is 35.9. The number of aryl methyl sites for hydroxylation is 1. The van der Waals surface area contributed by atoms with Crippen LogP contribution >= 0.6 is 0 Å². The van der Waals surface area contributed by atoms with Crippen molar-refractivity contribution < 1.29 is 18.3 Å². The number of halogens is 2. The van der Waals surface area contributed by atoms with E-state index in [4.69, 9.17) is 11.3 Å². The number of fused-ring (bicyclic) bond motifs is 2. The Morgan fingerprint density at radius 2 is 2.08 bits per heavy atom. The van der Waals surface area contributed by atoms with Crippen LogP contribution in [0.2, 0.25) is 0 Å². The second kappa shape index (κ2) is 9.00. The van der Waals surface area contributed by atoms with E-state index in [1.54, 1.807) is 6.20 Å². The number of amides is 1. The van der Waals surface area contributed by atoms with E-state index >= 15 is 0 Å². The first kappa shape index (κ1) is 22.6. The van der Waals surface area contributed by atoms with Gasteiger partial charge < -0.3 is 9.64 Å². The first-order valence-corrected chi connectivity index (χ1v) is 11.8. The summed E-state index contributed by atoms with van der Waals surface area (Å²) in [6.07, 6.45) is 4.16. The molecule has 1 amide bonds. The largest absolute Gasteiger partial charge is 0.370 e. The lowest BCUT2D eigenvalue weighted by Gasteiger charge is -2.46. The highest BCUT2D eigenvalue weighted by Gasteiger charge is 2.39. The molecule has 0 spiro atoms. The number of hydrogen-bond acceptors (Lipinski definition) is 7. The minimum absolute atomic E-state index is 0.0102. The van der Waals surface area contributed by atoms with E-state index in [1.807, 2.05) is 11.0 Å². The summed E-state index contributed by atoms with van der Waals surface area (Å²) in [7, 11) is 0. The number of benzene rings is 1. The van der Waals surface area contributed by atoms with Gasteiger partial charge in [0.25, 0.3) is 5.69 Å². The molecule has 2 fully saturated rings. The van der Waals surface area contributed by atoms with Crippen LogP contribution in [0.25, 0.3) is 10.7 Å². The van der Waals surface area contributed by atoms with Crippen molar-refractivity contribution in [2.75, 3.05) is 32.8 Å². The summed E-state index contributed by atoms with van der Waals surface area (Å²) in [5.74, 6) is -1.27. The molecule has 2 saturated heterocycles. The Morgan fingerprint density at radius 3 is 2.89 bits per heavy atom. The maximum absolute atomic E-state index is 14.7. The van der Waals surface area contributed by atoms with Crippen LogP contribution in [-0.4, -0.2) is 79.7 Å². The molecule has 36 heavy (non-hydrogen) atoms. The monoisotopic (exact) mass is 492 g/mol. The topological polar surface area (TPSA) is 93.6 Å². The summed E-state index contributed by atoms with van der Waals surface area (Å²) in [6, 6.07) is 4.38. The van der Waals surface area contributed by atoms with Gasteiger partial charge in [-0.2, -0.15) is 4.68 Å². The van der Waals surface area contributed by atoms with Gasteiger partial charge in [0, 0.05) is 37.9 Å². The molecule has 0 bridgehead atoms. The van der Waals surface area contributed by atoms with Crippen molar-refractivity contribution in [1.29, 1.82) is 0 Å². The standard InChI is InChI=1S/C24H22F2N8O2/c1-27-23-19(25)5-4-17(22(23)26)20-11-32-6-7-33(10-15(32)12-36-20)24(35)16-3-2-14-8-21(28-9-18(14)16)34-13-29-30-31-34/h4-5,8-9,13,15-16,20H,2-3,6-7,10-12H2/t15-,16?,20-/m1/s1. The van der Waals surface area contributed by atoms with Gasteiger partial charge in [0.1, 0.15) is 18.0 Å². The van der Waals surface area contributed by atoms with Gasteiger partial charge in [-0.3, -0.25) is 9.69 Å². The van der Waals surface area contributed by atoms with Crippen LogP contribution < -0.4 is 0 Å². The first-order chi connectivity index (χ1) is 17.5. The minimum Gasteiger partial charge on any atom is -0.370 e. The number of nitrogens with zero attached hydrogens (tertiary/aromatic N) is 8. The molecule has 2 aromatic heterocycles. The lowest BCUT2D eigenvalue weighted by atomic mass is 9.99. The number of tetrazole rings is 1. The molecule has 184 valence electrons. The number of hydrogen-bond donors (Lipinski definition) is 0. The van der Waals surface area contributed by atoms with Crippen LogP contribution in [0.15, 0.2) is 30.7 Å². The predicted molar refractivity (Wildman–Crippen MR) is 121 cm³/mol. The highest BCUT2D eigenvalue weighted by molar-refractivity contribution is 5.85. The smallest absolute Gasteiger partial charge is 0.257 e. The van der Waals surface area contributed by atoms with Gasteiger partial charge in [0.2, 0.25) is 5.91 Å². The van der Waals surface area contributed by atoms with Gasteiger partial charge in [-0.05, 0) is 46.5 Å². The van der Waals surface area contributed by atoms with E-state index in [-0.39, 0.29) is 23.4 Å². The highest BCUT2D eigenvalue weighted by atomic mass is 19.1. The predicted octanol–water partition coefficient (Wildman–Crippen LogP) is 2.20. The first-order valence-electron chi connectivity index (χ1n) is 11.8. The minimum atomic E-state index is -0.873. The lowest BCUT2D eigenvalue weighted by Crippen LogP contribution is -2.60. The van der Waals surface area contributed by atoms with E-state index in [0.29, 0.717) is 38.6 Å². The van der Waals surface area contributed by atoms with Gasteiger partial charge in [-0.1, -0.05) is 6.07 Å². The fraction of sp³-hybridized carbons (Fsp3) is 0.417. The van der Waals surface area contributed by atoms with Crippen molar-refractivity contribution in [3.05, 3.63) is 70.5 Å². The van der Waals surface area contributed by atoms with Crippen molar-refractivity contribution >= 4 is 11.6 Å². The Morgan fingerprint density at radius 1 is 1.19 bits per heavy atom. The van der Waals surface area contributed by atoms with Crippen LogP contribution in [0.5, 0.6) is 0 Å². The summed E-state index contributed by atoms with van der Waals surface area (Å²) in [6.45, 7) is 9.49. The number of rotatable bonds is 3. The summed E-state index contributed by atoms with van der Waals surface area (Å²) >= 11 is 0. The Hall–Kier alpha value is -3.82. The molecule has 0 radical (unpaired) electrons. The molecule has 0 saturated carbocycles. The Kier molecular flexibility index (Phi) is 5.66. The molecule has 0 N–H and O–H groups in total. The van der Waals surface area contributed by atoms with Gasteiger partial charge in [-0.25, -0.2) is 18.6 Å². The molecular weight excluding hydrogens is 470 g/mol. The van der Waals surface area contributed by atoms with Gasteiger partial charge in [0.15, 0.2) is 5.82 Å². The Balaban J connectivity index is 1.12. The van der Waals surface area contributed by atoms with Crippen LogP contribution in [0.4, 0.5) is 14.5 Å². The molecule has 3 aromatic rings. The average Bonchev–Trinajstić information content (AvgIpc) is 3.58.